The van der Waals surface area contributed by atoms with E-state index in [2.05, 4.69) is 0 Å². The van der Waals surface area contributed by atoms with Crippen molar-refractivity contribution < 1.29 is 4.79 Å². The smallest absolute Gasteiger partial charge is 0.163 e. The summed E-state index contributed by atoms with van der Waals surface area (Å²) in [6.07, 6.45) is 2.16. The van der Waals surface area contributed by atoms with Gasteiger partial charge in [0.1, 0.15) is 0 Å². The Kier molecular flexibility index (Phi) is 2.64. The molecule has 1 fully saturated rings. The Balaban J connectivity index is 2.58. The van der Waals surface area contributed by atoms with Crippen LogP contribution in [0, 0.1) is 0 Å². The minimum atomic E-state index is -0.151. The van der Waals surface area contributed by atoms with E-state index in [9.17, 15) is 4.79 Å². The maximum absolute atomic E-state index is 11.2. The van der Waals surface area contributed by atoms with Gasteiger partial charge < -0.3 is 0 Å². The van der Waals surface area contributed by atoms with Gasteiger partial charge in [0.15, 0.2) is 5.78 Å². The predicted octanol–water partition coefficient (Wildman–Crippen LogP) is 2.08. The minimum Gasteiger partial charge on any atom is -0.297 e. The van der Waals surface area contributed by atoms with Crippen LogP contribution in [0.1, 0.15) is 19.8 Å². The lowest BCUT2D eigenvalue weighted by Gasteiger charge is -2.18. The molecule has 0 amide bonds. The van der Waals surface area contributed by atoms with Gasteiger partial charge in [0.2, 0.25) is 0 Å². The third kappa shape index (κ3) is 1.48. The van der Waals surface area contributed by atoms with Crippen molar-refractivity contribution >= 4 is 29.1 Å². The molecule has 1 aliphatic heterocycles. The highest BCUT2D eigenvalue weighted by Crippen LogP contribution is 2.38. The Bertz CT molecular complexity index is 141. The number of ketones is 1. The fourth-order valence-corrected chi connectivity index (χ4v) is 2.78. The molecule has 0 saturated carbocycles. The average molecular weight is 179 g/mol. The zero-order valence-electron chi connectivity index (χ0n) is 6.02. The molecular formula is C7H11ClOS. The molecule has 58 valence electrons. The van der Waals surface area contributed by atoms with Crippen LogP contribution in [0.15, 0.2) is 0 Å². The van der Waals surface area contributed by atoms with Crippen molar-refractivity contribution in [1.82, 2.24) is 0 Å². The standard InChI is InChI=1S/C7H11ClOS/c1-7(6(9)5-8)3-2-4-10-7/h2-5H2,1H3. The average Bonchev–Trinajstić information content (AvgIpc) is 2.36. The summed E-state index contributed by atoms with van der Waals surface area (Å²) in [5, 5.41) is 0. The third-order valence-electron chi connectivity index (χ3n) is 1.93. The molecule has 0 spiro atoms. The Morgan fingerprint density at radius 2 is 2.50 bits per heavy atom. The van der Waals surface area contributed by atoms with Crippen molar-refractivity contribution in [3.05, 3.63) is 0 Å². The summed E-state index contributed by atoms with van der Waals surface area (Å²) in [5.74, 6) is 1.47. The van der Waals surface area contributed by atoms with Gasteiger partial charge in [-0.3, -0.25) is 4.79 Å². The molecule has 1 aliphatic rings. The summed E-state index contributed by atoms with van der Waals surface area (Å²) in [6.45, 7) is 2.00. The summed E-state index contributed by atoms with van der Waals surface area (Å²) in [5.41, 5.74) is 0. The number of hydrogen-bond donors (Lipinski definition) is 0. The first-order valence-electron chi connectivity index (χ1n) is 3.42. The van der Waals surface area contributed by atoms with Crippen LogP contribution >= 0.6 is 23.4 Å². The molecule has 1 heterocycles. The second-order valence-electron chi connectivity index (χ2n) is 2.74. The maximum Gasteiger partial charge on any atom is 0.163 e. The van der Waals surface area contributed by atoms with E-state index in [1.54, 1.807) is 11.8 Å². The molecule has 1 saturated heterocycles. The van der Waals surface area contributed by atoms with Gasteiger partial charge in [0, 0.05) is 0 Å². The van der Waals surface area contributed by atoms with Crippen molar-refractivity contribution in [3.8, 4) is 0 Å². The van der Waals surface area contributed by atoms with E-state index in [1.165, 1.54) is 0 Å². The number of alkyl halides is 1. The number of thioether (sulfide) groups is 1. The summed E-state index contributed by atoms with van der Waals surface area (Å²) < 4.78 is -0.151. The second kappa shape index (κ2) is 3.14. The van der Waals surface area contributed by atoms with Crippen LogP contribution in [0.5, 0.6) is 0 Å². The number of Topliss-reactive ketones (excluding diaryl/α,β-unsaturated/α-hetero) is 1. The van der Waals surface area contributed by atoms with Crippen LogP contribution in [0.2, 0.25) is 0 Å². The van der Waals surface area contributed by atoms with Crippen LogP contribution in [0.3, 0.4) is 0 Å². The Morgan fingerprint density at radius 1 is 1.80 bits per heavy atom. The molecule has 0 aromatic rings. The summed E-state index contributed by atoms with van der Waals surface area (Å²) in [4.78, 5) is 11.2. The quantitative estimate of drug-likeness (QED) is 0.603. The molecule has 0 N–H and O–H groups in total. The number of rotatable bonds is 2. The number of hydrogen-bond acceptors (Lipinski definition) is 2. The van der Waals surface area contributed by atoms with Crippen LogP contribution in [0.4, 0.5) is 0 Å². The highest BCUT2D eigenvalue weighted by molar-refractivity contribution is 8.01. The van der Waals surface area contributed by atoms with Crippen molar-refractivity contribution in [2.24, 2.45) is 0 Å². The van der Waals surface area contributed by atoms with Crippen LogP contribution in [-0.4, -0.2) is 22.2 Å². The molecule has 1 atom stereocenters. The maximum atomic E-state index is 11.2. The van der Waals surface area contributed by atoms with E-state index in [-0.39, 0.29) is 16.4 Å². The number of carbonyl (C=O) groups excluding carboxylic acids is 1. The highest BCUT2D eigenvalue weighted by atomic mass is 35.5. The fraction of sp³-hybridized carbons (Fsp3) is 0.857. The molecule has 0 aliphatic carbocycles. The first-order chi connectivity index (χ1) is 4.69. The molecule has 1 unspecified atom stereocenters. The lowest BCUT2D eigenvalue weighted by molar-refractivity contribution is -0.118. The van der Waals surface area contributed by atoms with E-state index in [0.717, 1.165) is 18.6 Å². The van der Waals surface area contributed by atoms with Gasteiger partial charge in [-0.05, 0) is 25.5 Å². The van der Waals surface area contributed by atoms with Crippen molar-refractivity contribution in [2.45, 2.75) is 24.5 Å². The van der Waals surface area contributed by atoms with Gasteiger partial charge in [-0.2, -0.15) is 0 Å². The van der Waals surface area contributed by atoms with E-state index < -0.39 is 0 Å². The molecule has 3 heteroatoms. The number of carbonyl (C=O) groups is 1. The van der Waals surface area contributed by atoms with E-state index in [0.29, 0.717) is 0 Å². The lowest BCUT2D eigenvalue weighted by Crippen LogP contribution is -2.29. The molecule has 0 aromatic heterocycles. The summed E-state index contributed by atoms with van der Waals surface area (Å²) in [6, 6.07) is 0. The normalized spacial score (nSPS) is 32.6. The third-order valence-corrected chi connectivity index (χ3v) is 3.73. The monoisotopic (exact) mass is 178 g/mol. The predicted molar refractivity (Wildman–Crippen MR) is 45.8 cm³/mol. The summed E-state index contributed by atoms with van der Waals surface area (Å²) in [7, 11) is 0. The van der Waals surface area contributed by atoms with Crippen molar-refractivity contribution in [1.29, 1.82) is 0 Å². The van der Waals surface area contributed by atoms with Crippen LogP contribution in [0.25, 0.3) is 0 Å². The summed E-state index contributed by atoms with van der Waals surface area (Å²) >= 11 is 7.20. The fourth-order valence-electron chi connectivity index (χ4n) is 1.14. The molecule has 1 nitrogen and oxygen atoms in total. The lowest BCUT2D eigenvalue weighted by atomic mass is 10.0. The first-order valence-corrected chi connectivity index (χ1v) is 4.94. The molecular weight excluding hydrogens is 168 g/mol. The van der Waals surface area contributed by atoms with Crippen LogP contribution < -0.4 is 0 Å². The van der Waals surface area contributed by atoms with Crippen LogP contribution in [-0.2, 0) is 4.79 Å². The molecule has 0 radical (unpaired) electrons. The van der Waals surface area contributed by atoms with Crippen molar-refractivity contribution in [3.63, 3.8) is 0 Å². The molecule has 1 rings (SSSR count). The van der Waals surface area contributed by atoms with E-state index in [1.807, 2.05) is 6.92 Å². The van der Waals surface area contributed by atoms with Gasteiger partial charge in [-0.15, -0.1) is 23.4 Å². The zero-order chi connectivity index (χ0) is 7.61. The number of halogens is 1. The van der Waals surface area contributed by atoms with Gasteiger partial charge in [0.25, 0.3) is 0 Å². The van der Waals surface area contributed by atoms with Gasteiger partial charge in [-0.25, -0.2) is 0 Å². The topological polar surface area (TPSA) is 17.1 Å². The molecule has 0 aromatic carbocycles. The van der Waals surface area contributed by atoms with Crippen molar-refractivity contribution in [2.75, 3.05) is 11.6 Å². The SMILES string of the molecule is CC1(C(=O)CCl)CCCS1. The molecule has 0 bridgehead atoms. The molecule has 10 heavy (non-hydrogen) atoms. The largest absolute Gasteiger partial charge is 0.297 e. The highest BCUT2D eigenvalue weighted by Gasteiger charge is 2.35. The Labute approximate surface area is 70.5 Å². The Hall–Kier alpha value is 0.310. The first kappa shape index (κ1) is 8.41. The van der Waals surface area contributed by atoms with Gasteiger partial charge >= 0.3 is 0 Å². The van der Waals surface area contributed by atoms with E-state index >= 15 is 0 Å². The van der Waals surface area contributed by atoms with Gasteiger partial charge in [-0.1, -0.05) is 0 Å². The Morgan fingerprint density at radius 3 is 2.90 bits per heavy atom. The second-order valence-corrected chi connectivity index (χ2v) is 4.60. The van der Waals surface area contributed by atoms with Gasteiger partial charge in [0.05, 0.1) is 10.6 Å². The minimum absolute atomic E-state index is 0.151. The zero-order valence-corrected chi connectivity index (χ0v) is 7.60. The van der Waals surface area contributed by atoms with E-state index in [4.69, 9.17) is 11.6 Å².